The van der Waals surface area contributed by atoms with Gasteiger partial charge in [0.05, 0.1) is 12.2 Å². The van der Waals surface area contributed by atoms with Crippen molar-refractivity contribution in [2.24, 2.45) is 0 Å². The van der Waals surface area contributed by atoms with Crippen LogP contribution in [0.15, 0.2) is 72.8 Å². The van der Waals surface area contributed by atoms with Crippen molar-refractivity contribution in [2.45, 2.75) is 6.92 Å². The SMILES string of the molecule is CCOC(=O)c1ccc(-[s+]2c3ccccc3c3ccccc32)cc1. The van der Waals surface area contributed by atoms with Gasteiger partial charge in [-0.1, -0.05) is 24.3 Å². The molecule has 3 aromatic carbocycles. The molecule has 0 spiro atoms. The number of benzene rings is 3. The molecule has 0 amide bonds. The van der Waals surface area contributed by atoms with E-state index >= 15 is 0 Å². The number of ether oxygens (including phenoxy) is 1. The highest BCUT2D eigenvalue weighted by molar-refractivity contribution is 7.50. The number of hydrogen-bond donors (Lipinski definition) is 0. The summed E-state index contributed by atoms with van der Waals surface area (Å²) in [7, 11) is -0.118. The topological polar surface area (TPSA) is 26.3 Å². The van der Waals surface area contributed by atoms with E-state index in [-0.39, 0.29) is 16.4 Å². The van der Waals surface area contributed by atoms with Gasteiger partial charge in [-0.3, -0.25) is 0 Å². The van der Waals surface area contributed by atoms with Crippen LogP contribution in [0.5, 0.6) is 0 Å². The maximum Gasteiger partial charge on any atom is 0.338 e. The zero-order valence-electron chi connectivity index (χ0n) is 13.4. The van der Waals surface area contributed by atoms with Crippen molar-refractivity contribution in [3.05, 3.63) is 78.4 Å². The van der Waals surface area contributed by atoms with E-state index in [4.69, 9.17) is 4.74 Å². The van der Waals surface area contributed by atoms with Crippen LogP contribution in [0.3, 0.4) is 0 Å². The number of thiophene rings is 1. The first-order valence-corrected chi connectivity index (χ1v) is 9.22. The smallest absolute Gasteiger partial charge is 0.338 e. The van der Waals surface area contributed by atoms with E-state index in [0.717, 1.165) is 0 Å². The fourth-order valence-corrected chi connectivity index (χ4v) is 5.43. The van der Waals surface area contributed by atoms with Crippen LogP contribution in [0, 0.1) is 0 Å². The molecule has 24 heavy (non-hydrogen) atoms. The van der Waals surface area contributed by atoms with E-state index in [1.54, 1.807) is 0 Å². The Hall–Kier alpha value is -2.65. The first kappa shape index (κ1) is 14.9. The van der Waals surface area contributed by atoms with Gasteiger partial charge >= 0.3 is 5.97 Å². The van der Waals surface area contributed by atoms with E-state index in [1.807, 2.05) is 31.2 Å². The summed E-state index contributed by atoms with van der Waals surface area (Å²) in [5, 5.41) is 2.62. The van der Waals surface area contributed by atoms with Gasteiger partial charge in [0.2, 0.25) is 0 Å². The second-order valence-electron chi connectivity index (χ2n) is 5.54. The third kappa shape index (κ3) is 2.38. The van der Waals surface area contributed by atoms with Crippen molar-refractivity contribution in [3.63, 3.8) is 0 Å². The zero-order valence-corrected chi connectivity index (χ0v) is 14.2. The molecular formula is C21H17O2S+. The van der Waals surface area contributed by atoms with Gasteiger partial charge < -0.3 is 4.74 Å². The summed E-state index contributed by atoms with van der Waals surface area (Å²) in [5.74, 6) is -0.264. The molecule has 0 aliphatic heterocycles. The summed E-state index contributed by atoms with van der Waals surface area (Å²) in [6.07, 6.45) is 0. The van der Waals surface area contributed by atoms with E-state index in [0.29, 0.717) is 12.2 Å². The maximum atomic E-state index is 11.9. The molecule has 3 heteroatoms. The van der Waals surface area contributed by atoms with Crippen molar-refractivity contribution < 1.29 is 9.53 Å². The predicted octanol–water partition coefficient (Wildman–Crippen LogP) is 5.91. The van der Waals surface area contributed by atoms with Gasteiger partial charge in [-0.25, -0.2) is 4.79 Å². The lowest BCUT2D eigenvalue weighted by molar-refractivity contribution is 0.0526. The van der Waals surface area contributed by atoms with Crippen LogP contribution in [0.1, 0.15) is 17.3 Å². The first-order valence-electron chi connectivity index (χ1n) is 7.99. The molecule has 2 nitrogen and oxygen atoms in total. The van der Waals surface area contributed by atoms with E-state index < -0.39 is 0 Å². The van der Waals surface area contributed by atoms with Crippen LogP contribution < -0.4 is 0 Å². The molecule has 0 saturated carbocycles. The molecule has 1 heterocycles. The van der Waals surface area contributed by atoms with Crippen LogP contribution in [-0.4, -0.2) is 12.6 Å². The fourth-order valence-electron chi connectivity index (χ4n) is 3.05. The summed E-state index contributed by atoms with van der Waals surface area (Å²) in [6, 6.07) is 25.0. The standard InChI is InChI=1S/C21H17O2S/c1-2-23-21(22)15-11-13-16(14-12-15)24-19-9-5-3-7-17(19)18-8-4-6-10-20(18)24/h3-14H,2H2,1H3/q+1. The largest absolute Gasteiger partial charge is 0.462 e. The number of carbonyl (C=O) groups is 1. The number of rotatable bonds is 3. The molecule has 0 N–H and O–H groups in total. The van der Waals surface area contributed by atoms with Gasteiger partial charge in [0.15, 0.2) is 14.3 Å². The molecule has 4 rings (SSSR count). The van der Waals surface area contributed by atoms with E-state index in [9.17, 15) is 4.79 Å². The number of esters is 1. The molecule has 0 aliphatic carbocycles. The molecule has 0 atom stereocenters. The number of carbonyl (C=O) groups excluding carboxylic acids is 1. The molecule has 0 saturated heterocycles. The minimum atomic E-state index is -0.264. The summed E-state index contributed by atoms with van der Waals surface area (Å²) < 4.78 is 7.77. The molecule has 0 aliphatic rings. The second-order valence-corrected chi connectivity index (χ2v) is 7.51. The Balaban J connectivity index is 1.91. The highest BCUT2D eigenvalue weighted by atomic mass is 32.2. The third-order valence-corrected chi connectivity index (χ3v) is 6.44. The van der Waals surface area contributed by atoms with Crippen LogP contribution in [-0.2, 0) is 4.74 Å². The maximum absolute atomic E-state index is 11.9. The predicted molar refractivity (Wildman–Crippen MR) is 101 cm³/mol. The van der Waals surface area contributed by atoms with Gasteiger partial charge in [0, 0.05) is 21.2 Å². The Bertz CT molecular complexity index is 976. The minimum absolute atomic E-state index is 0.118. The Kier molecular flexibility index (Phi) is 3.79. The zero-order chi connectivity index (χ0) is 16.5. The molecule has 0 fully saturated rings. The van der Waals surface area contributed by atoms with Gasteiger partial charge in [-0.05, 0) is 55.5 Å². The van der Waals surface area contributed by atoms with Crippen molar-refractivity contribution in [2.75, 3.05) is 6.61 Å². The monoisotopic (exact) mass is 333 g/mol. The second kappa shape index (κ2) is 6.10. The van der Waals surface area contributed by atoms with Crippen LogP contribution in [0.4, 0.5) is 0 Å². The van der Waals surface area contributed by atoms with Crippen LogP contribution >= 0.6 is 10.5 Å². The Morgan fingerprint density at radius 1 is 0.833 bits per heavy atom. The Labute approximate surface area is 143 Å². The highest BCUT2D eigenvalue weighted by Crippen LogP contribution is 2.48. The lowest BCUT2D eigenvalue weighted by atomic mass is 10.2. The van der Waals surface area contributed by atoms with E-state index in [2.05, 4.69) is 48.5 Å². The van der Waals surface area contributed by atoms with Crippen molar-refractivity contribution in [3.8, 4) is 4.90 Å². The summed E-state index contributed by atoms with van der Waals surface area (Å²) in [4.78, 5) is 13.1. The molecule has 0 unspecified atom stereocenters. The van der Waals surface area contributed by atoms with Gasteiger partial charge in [-0.2, -0.15) is 0 Å². The highest BCUT2D eigenvalue weighted by Gasteiger charge is 2.23. The number of hydrogen-bond acceptors (Lipinski definition) is 2. The van der Waals surface area contributed by atoms with Crippen molar-refractivity contribution in [1.29, 1.82) is 0 Å². The third-order valence-electron chi connectivity index (χ3n) is 4.11. The molecule has 0 radical (unpaired) electrons. The van der Waals surface area contributed by atoms with Gasteiger partial charge in [-0.15, -0.1) is 0 Å². The quantitative estimate of drug-likeness (QED) is 0.344. The summed E-state index contributed by atoms with van der Waals surface area (Å²) in [6.45, 7) is 2.21. The minimum Gasteiger partial charge on any atom is -0.462 e. The molecule has 118 valence electrons. The Morgan fingerprint density at radius 3 is 1.92 bits per heavy atom. The average molecular weight is 333 g/mol. The first-order chi connectivity index (χ1) is 11.8. The average Bonchev–Trinajstić information content (AvgIpc) is 2.97. The fraction of sp³-hybridized carbons (Fsp3) is 0.0952. The summed E-state index contributed by atoms with van der Waals surface area (Å²) >= 11 is 0. The van der Waals surface area contributed by atoms with Gasteiger partial charge in [0.1, 0.15) is 0 Å². The normalized spacial score (nSPS) is 11.0. The lowest BCUT2D eigenvalue weighted by Crippen LogP contribution is -2.03. The molecule has 0 bridgehead atoms. The van der Waals surface area contributed by atoms with Crippen molar-refractivity contribution >= 4 is 36.6 Å². The number of fused-ring (bicyclic) bond motifs is 3. The van der Waals surface area contributed by atoms with Crippen LogP contribution in [0.2, 0.25) is 0 Å². The van der Waals surface area contributed by atoms with E-state index in [1.165, 1.54) is 25.1 Å². The molecule has 4 aromatic rings. The molecular weight excluding hydrogens is 316 g/mol. The molecule has 1 aromatic heterocycles. The van der Waals surface area contributed by atoms with Crippen LogP contribution in [0.25, 0.3) is 25.1 Å². The van der Waals surface area contributed by atoms with Crippen molar-refractivity contribution in [1.82, 2.24) is 0 Å². The Morgan fingerprint density at radius 2 is 1.38 bits per heavy atom. The lowest BCUT2D eigenvalue weighted by Gasteiger charge is -2.01. The summed E-state index contributed by atoms with van der Waals surface area (Å²) in [5.41, 5.74) is 0.602. The van der Waals surface area contributed by atoms with Gasteiger partial charge in [0.25, 0.3) is 0 Å².